The van der Waals surface area contributed by atoms with E-state index >= 15 is 0 Å². The molecule has 21 nitrogen and oxygen atoms in total. The highest BCUT2D eigenvalue weighted by molar-refractivity contribution is 5.90. The Morgan fingerprint density at radius 3 is 1.51 bits per heavy atom. The van der Waals surface area contributed by atoms with Crippen LogP contribution in [0.15, 0.2) is 60.7 Å². The van der Waals surface area contributed by atoms with Crippen LogP contribution in [0.4, 0.5) is 0 Å². The van der Waals surface area contributed by atoms with Gasteiger partial charge in [-0.25, -0.2) is 0 Å². The molecule has 2 fully saturated rings. The molecule has 21 heteroatoms. The van der Waals surface area contributed by atoms with Crippen molar-refractivity contribution in [3.8, 4) is 35.7 Å². The Balaban J connectivity index is 1.02. The number of hydrogen-bond acceptors (Lipinski definition) is 15. The first-order chi connectivity index (χ1) is 33.4. The zero-order valence-corrected chi connectivity index (χ0v) is 40.1. The summed E-state index contributed by atoms with van der Waals surface area (Å²) in [6, 6.07) is 16.8. The second-order valence-electron chi connectivity index (χ2n) is 17.3. The smallest absolute Gasteiger partial charge is 0.335 e. The van der Waals surface area contributed by atoms with Crippen LogP contribution >= 0.6 is 0 Å². The molecule has 2 aliphatic rings. The van der Waals surface area contributed by atoms with Gasteiger partial charge < -0.3 is 44.7 Å². The van der Waals surface area contributed by atoms with Crippen molar-refractivity contribution < 1.29 is 38.1 Å². The Morgan fingerprint density at radius 2 is 1.09 bits per heavy atom. The number of carbonyl (C=O) groups is 4. The summed E-state index contributed by atoms with van der Waals surface area (Å²) in [7, 11) is 1.66. The number of amides is 4. The van der Waals surface area contributed by atoms with E-state index < -0.39 is 30.3 Å². The molecule has 3 N–H and O–H groups in total. The van der Waals surface area contributed by atoms with Crippen molar-refractivity contribution in [1.82, 2.24) is 66.2 Å². The topological polar surface area (TPSA) is 235 Å². The van der Waals surface area contributed by atoms with Gasteiger partial charge in [-0.05, 0) is 97.3 Å². The highest BCUT2D eigenvalue weighted by Crippen LogP contribution is 2.24. The first kappa shape index (κ1) is 51.5. The van der Waals surface area contributed by atoms with Crippen LogP contribution < -0.4 is 25.4 Å². The maximum atomic E-state index is 14.2. The molecule has 69 heavy (non-hydrogen) atoms. The summed E-state index contributed by atoms with van der Waals surface area (Å²) in [5.74, 6) is 9.59. The van der Waals surface area contributed by atoms with E-state index in [-0.39, 0.29) is 80.1 Å². The number of nitrogens with zero attached hydrogens (tertiary/aromatic N) is 10. The average molecular weight is 950 g/mol. The van der Waals surface area contributed by atoms with Gasteiger partial charge in [0.25, 0.3) is 0 Å². The third kappa shape index (κ3) is 14.8. The van der Waals surface area contributed by atoms with Gasteiger partial charge in [0.2, 0.25) is 23.6 Å². The molecule has 0 saturated carbocycles. The molecular formula is C48H63N13O8. The summed E-state index contributed by atoms with van der Waals surface area (Å²) in [4.78, 5) is 58.0. The fraction of sp³-hybridized carbons (Fsp3) is 0.542. The van der Waals surface area contributed by atoms with Crippen molar-refractivity contribution in [3.05, 3.63) is 71.8 Å². The van der Waals surface area contributed by atoms with Gasteiger partial charge in [-0.1, -0.05) is 96.5 Å². The Bertz CT molecular complexity index is 2410. The number of likely N-dealkylation sites (tertiary alicyclic amines) is 2. The van der Waals surface area contributed by atoms with Crippen LogP contribution in [-0.2, 0) is 55.0 Å². The second kappa shape index (κ2) is 26.0. The molecule has 0 aliphatic carbocycles. The molecule has 7 atom stereocenters. The number of aromatic nitrogens is 8. The highest BCUT2D eigenvalue weighted by atomic mass is 16.5. The molecule has 6 rings (SSSR count). The molecular weight excluding hydrogens is 887 g/mol. The molecule has 0 bridgehead atoms. The number of hydrogen-bond donors (Lipinski definition) is 3. The van der Waals surface area contributed by atoms with E-state index in [2.05, 4.69) is 70.7 Å². The van der Waals surface area contributed by atoms with Crippen molar-refractivity contribution in [2.75, 3.05) is 33.4 Å². The predicted octanol–water partition coefficient (Wildman–Crippen LogP) is 1.55. The van der Waals surface area contributed by atoms with E-state index in [4.69, 9.17) is 18.9 Å². The number of tetrazole rings is 2. The van der Waals surface area contributed by atoms with Crippen molar-refractivity contribution in [2.24, 2.45) is 5.92 Å². The lowest BCUT2D eigenvalue weighted by Crippen LogP contribution is -2.58. The molecule has 2 aromatic heterocycles. The van der Waals surface area contributed by atoms with E-state index in [0.29, 0.717) is 39.0 Å². The van der Waals surface area contributed by atoms with Crippen LogP contribution in [0.2, 0.25) is 0 Å². The van der Waals surface area contributed by atoms with Crippen LogP contribution in [0.1, 0.15) is 71.4 Å². The fourth-order valence-electron chi connectivity index (χ4n) is 7.85. The molecule has 2 aromatic carbocycles. The Labute approximate surface area is 402 Å². The van der Waals surface area contributed by atoms with E-state index in [9.17, 15) is 19.2 Å². The zero-order chi connectivity index (χ0) is 49.1. The maximum absolute atomic E-state index is 14.2. The fourth-order valence-corrected chi connectivity index (χ4v) is 7.85. The van der Waals surface area contributed by atoms with Gasteiger partial charge >= 0.3 is 12.0 Å². The molecule has 4 aromatic rings. The third-order valence-electron chi connectivity index (χ3n) is 12.0. The summed E-state index contributed by atoms with van der Waals surface area (Å²) >= 11 is 0. The lowest BCUT2D eigenvalue weighted by molar-refractivity contribution is -0.142. The molecule has 0 spiro atoms. The zero-order valence-electron chi connectivity index (χ0n) is 40.1. The van der Waals surface area contributed by atoms with Crippen LogP contribution in [-0.4, -0.2) is 150 Å². The van der Waals surface area contributed by atoms with Crippen molar-refractivity contribution in [2.45, 2.75) is 129 Å². The van der Waals surface area contributed by atoms with Crippen LogP contribution in [0.25, 0.3) is 0 Å². The normalized spacial score (nSPS) is 17.7. The number of ether oxygens (including phenoxy) is 4. The molecule has 2 aliphatic heterocycles. The van der Waals surface area contributed by atoms with Gasteiger partial charge in [-0.3, -0.25) is 19.2 Å². The standard InChI is InChI=1S/C48H63N13O8/c1-33(2)43(62)50-41(45(64)58-25-17-23-39(58)29-60-47(52-54-56-60)68-31-37-19-11-9-12-20-37)35(4)66-27-15-7-8-16-28-67-36(5)42(51-44(63)34(3)49-6)46(65)59-26-18-24-40(59)30-61-48(53-55-57-61)69-32-38-21-13-10-14-22-38/h9-14,19-22,33-36,39-42,49H,17-18,23-32H2,1-6H3,(H,50,62)(H,51,63)/t34-,35+,36?,39-,40-,41-,42-/m0/s1. The maximum Gasteiger partial charge on any atom is 0.335 e. The summed E-state index contributed by atoms with van der Waals surface area (Å²) in [6.07, 6.45) is 1.45. The molecule has 4 amide bonds. The van der Waals surface area contributed by atoms with E-state index in [1.165, 1.54) is 0 Å². The van der Waals surface area contributed by atoms with Gasteiger partial charge in [0.05, 0.1) is 43.4 Å². The van der Waals surface area contributed by atoms with Crippen molar-refractivity contribution in [1.29, 1.82) is 0 Å². The summed E-state index contributed by atoms with van der Waals surface area (Å²) < 4.78 is 26.9. The van der Waals surface area contributed by atoms with Crippen LogP contribution in [0.5, 0.6) is 12.0 Å². The van der Waals surface area contributed by atoms with Crippen LogP contribution in [0, 0.1) is 29.6 Å². The minimum Gasteiger partial charge on any atom is -0.458 e. The monoisotopic (exact) mass is 949 g/mol. The van der Waals surface area contributed by atoms with Crippen LogP contribution in [0.3, 0.4) is 0 Å². The lowest BCUT2D eigenvalue weighted by atomic mass is 10.1. The molecule has 0 radical (unpaired) electrons. The first-order valence-electron chi connectivity index (χ1n) is 23.4. The quantitative estimate of drug-likeness (QED) is 0.0896. The Kier molecular flexibility index (Phi) is 19.4. The molecule has 1 unspecified atom stereocenters. The van der Waals surface area contributed by atoms with Gasteiger partial charge in [-0.15, -0.1) is 0 Å². The SMILES string of the molecule is CN[C@@H](C)C(=O)N[C@H](C(=O)N1CCC[C@H]1Cn1nnnc1OCc1ccccc1)C(C)OCC#CC#CCO[C@H](C)[C@H](NC(=O)C(C)C)C(=O)N1CCC[C@H]1Cn1nnnc1OCc1ccccc1. The third-order valence-corrected chi connectivity index (χ3v) is 12.0. The van der Waals surface area contributed by atoms with Gasteiger partial charge in [0.15, 0.2) is 0 Å². The predicted molar refractivity (Wildman–Crippen MR) is 250 cm³/mol. The number of likely N-dealkylation sites (N-methyl/N-ethyl adjacent to an activating group) is 1. The minimum atomic E-state index is -1.02. The molecule has 2 saturated heterocycles. The van der Waals surface area contributed by atoms with E-state index in [0.717, 1.165) is 24.0 Å². The molecule has 368 valence electrons. The average Bonchev–Trinajstić information content (AvgIpc) is 4.21. The van der Waals surface area contributed by atoms with Gasteiger partial charge in [-0.2, -0.15) is 9.36 Å². The Morgan fingerprint density at radius 1 is 0.652 bits per heavy atom. The van der Waals surface area contributed by atoms with E-state index in [1.807, 2.05) is 60.7 Å². The number of nitrogens with one attached hydrogen (secondary N) is 3. The number of rotatable bonds is 23. The minimum absolute atomic E-state index is 0.0703. The second-order valence-corrected chi connectivity index (χ2v) is 17.3. The first-order valence-corrected chi connectivity index (χ1v) is 23.4. The van der Waals surface area contributed by atoms with Gasteiger partial charge in [0.1, 0.15) is 38.5 Å². The summed E-state index contributed by atoms with van der Waals surface area (Å²) in [6.45, 7) is 10.6. The van der Waals surface area contributed by atoms with Gasteiger partial charge in [0, 0.05) is 19.0 Å². The summed E-state index contributed by atoms with van der Waals surface area (Å²) in [5.41, 5.74) is 1.93. The Hall–Kier alpha value is -6.94. The highest BCUT2D eigenvalue weighted by Gasteiger charge is 2.39. The summed E-state index contributed by atoms with van der Waals surface area (Å²) in [5, 5.41) is 32.6. The number of benzene rings is 2. The van der Waals surface area contributed by atoms with E-state index in [1.54, 1.807) is 60.8 Å². The molecule has 4 heterocycles. The van der Waals surface area contributed by atoms with Crippen molar-refractivity contribution in [3.63, 3.8) is 0 Å². The van der Waals surface area contributed by atoms with Crippen molar-refractivity contribution >= 4 is 23.6 Å². The largest absolute Gasteiger partial charge is 0.458 e. The number of carbonyl (C=O) groups excluding carboxylic acids is 4. The lowest BCUT2D eigenvalue weighted by Gasteiger charge is -2.32.